The molecular weight excluding hydrogens is 666 g/mol. The van der Waals surface area contributed by atoms with Gasteiger partial charge >= 0.3 is 11.9 Å². The Kier molecular flexibility index (Phi) is 9.45. The molecule has 7 nitrogen and oxygen atoms in total. The summed E-state index contributed by atoms with van der Waals surface area (Å²) in [5, 5.41) is 19.1. The number of ether oxygens (including phenoxy) is 2. The third-order valence-electron chi connectivity index (χ3n) is 7.04. The van der Waals surface area contributed by atoms with Crippen LogP contribution in [-0.4, -0.2) is 29.3 Å². The molecule has 0 heterocycles. The van der Waals surface area contributed by atoms with Gasteiger partial charge in [0.25, 0.3) is 0 Å². The first-order chi connectivity index (χ1) is 19.8. The van der Waals surface area contributed by atoms with Gasteiger partial charge in [0.2, 0.25) is 0 Å². The number of nitrogens with two attached hydrogens (primary N) is 1. The van der Waals surface area contributed by atoms with E-state index in [-0.39, 0.29) is 17.9 Å². The van der Waals surface area contributed by atoms with E-state index in [0.29, 0.717) is 42.9 Å². The van der Waals surface area contributed by atoms with Crippen LogP contribution in [0.1, 0.15) is 63.5 Å². The van der Waals surface area contributed by atoms with Crippen molar-refractivity contribution in [2.24, 2.45) is 5.73 Å². The van der Waals surface area contributed by atoms with Gasteiger partial charge in [-0.3, -0.25) is 4.79 Å². The zero-order valence-electron chi connectivity index (χ0n) is 23.6. The highest BCUT2D eigenvalue weighted by Crippen LogP contribution is 2.47. The lowest BCUT2D eigenvalue weighted by atomic mass is 9.76. The smallest absolute Gasteiger partial charge is 0.335 e. The predicted molar refractivity (Wildman–Crippen MR) is 169 cm³/mol. The van der Waals surface area contributed by atoms with Crippen molar-refractivity contribution in [2.75, 3.05) is 7.11 Å². The van der Waals surface area contributed by atoms with Crippen LogP contribution < -0.4 is 15.2 Å². The van der Waals surface area contributed by atoms with Crippen molar-refractivity contribution in [3.05, 3.63) is 121 Å². The summed E-state index contributed by atoms with van der Waals surface area (Å²) < 4.78 is 13.5. The molecule has 0 aliphatic carbocycles. The van der Waals surface area contributed by atoms with Crippen molar-refractivity contribution in [3.8, 4) is 17.2 Å². The fraction of sp³-hybridized carbons (Fsp3) is 0.212. The molecule has 0 aliphatic heterocycles. The quantitative estimate of drug-likeness (QED) is 0.144. The summed E-state index contributed by atoms with van der Waals surface area (Å²) >= 11 is 7.10. The largest absolute Gasteiger partial charge is 0.496 e. The number of hydrogen-bond donors (Lipinski definition) is 3. The maximum absolute atomic E-state index is 12.0. The number of aliphatic carboxylic acids is 1. The van der Waals surface area contributed by atoms with Crippen LogP contribution in [0.4, 0.5) is 0 Å². The maximum Gasteiger partial charge on any atom is 0.335 e. The number of carboxylic acids is 2. The molecule has 218 valence electrons. The molecule has 0 saturated carbocycles. The number of hydrogen-bond acceptors (Lipinski definition) is 5. The van der Waals surface area contributed by atoms with Crippen LogP contribution in [0.25, 0.3) is 0 Å². The van der Waals surface area contributed by atoms with Crippen LogP contribution in [-0.2, 0) is 16.8 Å². The molecule has 0 fully saturated rings. The van der Waals surface area contributed by atoms with Crippen LogP contribution in [0, 0.1) is 6.92 Å². The van der Waals surface area contributed by atoms with Crippen molar-refractivity contribution in [1.82, 2.24) is 0 Å². The summed E-state index contributed by atoms with van der Waals surface area (Å²) in [6.45, 7) is 6.05. The number of rotatable bonds is 10. The molecule has 0 amide bonds. The van der Waals surface area contributed by atoms with E-state index in [1.54, 1.807) is 37.4 Å². The van der Waals surface area contributed by atoms with Crippen LogP contribution in [0.15, 0.2) is 81.7 Å². The highest BCUT2D eigenvalue weighted by atomic mass is 79.9. The second-order valence-electron chi connectivity index (χ2n) is 10.4. The second-order valence-corrected chi connectivity index (χ2v) is 12.1. The number of methoxy groups -OCH3 is 1. The van der Waals surface area contributed by atoms with Gasteiger partial charge in [-0.25, -0.2) is 4.79 Å². The summed E-state index contributed by atoms with van der Waals surface area (Å²) in [4.78, 5) is 23.3. The Morgan fingerprint density at radius 1 is 0.905 bits per heavy atom. The molecule has 1 unspecified atom stereocenters. The molecule has 0 aliphatic rings. The summed E-state index contributed by atoms with van der Waals surface area (Å²) in [7, 11) is 1.59. The van der Waals surface area contributed by atoms with Crippen molar-refractivity contribution in [3.63, 3.8) is 0 Å². The zero-order valence-corrected chi connectivity index (χ0v) is 26.7. The molecule has 4 rings (SSSR count). The van der Waals surface area contributed by atoms with E-state index in [4.69, 9.17) is 15.2 Å². The van der Waals surface area contributed by atoms with E-state index < -0.39 is 17.5 Å². The number of carbonyl (C=O) groups is 2. The predicted octanol–water partition coefficient (Wildman–Crippen LogP) is 8.02. The topological polar surface area (TPSA) is 119 Å². The average Bonchev–Trinajstić information content (AvgIpc) is 2.93. The van der Waals surface area contributed by atoms with Crippen molar-refractivity contribution >= 4 is 43.8 Å². The molecule has 0 saturated heterocycles. The molecule has 1 atom stereocenters. The first-order valence-corrected chi connectivity index (χ1v) is 14.7. The van der Waals surface area contributed by atoms with Gasteiger partial charge in [0.05, 0.1) is 33.6 Å². The van der Waals surface area contributed by atoms with Gasteiger partial charge in [-0.1, -0.05) is 55.8 Å². The number of aryl methyl sites for hydroxylation is 1. The van der Waals surface area contributed by atoms with Crippen molar-refractivity contribution < 1.29 is 29.3 Å². The number of aromatic carboxylic acids is 1. The first kappa shape index (κ1) is 31.3. The zero-order chi connectivity index (χ0) is 30.8. The van der Waals surface area contributed by atoms with Gasteiger partial charge in [0.1, 0.15) is 11.5 Å². The van der Waals surface area contributed by atoms with Gasteiger partial charge in [-0.15, -0.1) is 0 Å². The van der Waals surface area contributed by atoms with Crippen LogP contribution in [0.2, 0.25) is 0 Å². The minimum atomic E-state index is -1.36. The van der Waals surface area contributed by atoms with Gasteiger partial charge in [-0.05, 0) is 97.8 Å². The van der Waals surface area contributed by atoms with Crippen LogP contribution >= 0.6 is 31.9 Å². The van der Waals surface area contributed by atoms with Crippen LogP contribution in [0.5, 0.6) is 17.2 Å². The SMILES string of the molecule is COc1cc(C(N)(c2cccc(C)c2)c2cccc(C(=O)O)c2)c(Oc2c(Br)cc(CC(=O)O)cc2Br)cc1C(C)C. The standard InChI is InChI=1S/C33H31Br2NO6/c1-18(2)24-16-29(42-31-26(34)12-20(13-27(31)35)14-30(37)38)25(17-28(24)41-4)33(36,22-9-5-7-19(3)11-22)23-10-6-8-21(15-23)32(39)40/h5-13,15-18H,14,36H2,1-4H3,(H,37,38)(H,39,40). The molecule has 0 radical (unpaired) electrons. The van der Waals surface area contributed by atoms with Crippen molar-refractivity contribution in [2.45, 2.75) is 38.6 Å². The normalized spacial score (nSPS) is 12.6. The van der Waals surface area contributed by atoms with Gasteiger partial charge in [-0.2, -0.15) is 0 Å². The highest BCUT2D eigenvalue weighted by molar-refractivity contribution is 9.11. The molecule has 4 aromatic rings. The highest BCUT2D eigenvalue weighted by Gasteiger charge is 2.37. The summed E-state index contributed by atoms with van der Waals surface area (Å²) in [6, 6.07) is 21.4. The Balaban J connectivity index is 2.05. The summed E-state index contributed by atoms with van der Waals surface area (Å²) in [5.74, 6) is -0.479. The van der Waals surface area contributed by atoms with E-state index in [1.807, 2.05) is 57.2 Å². The lowest BCUT2D eigenvalue weighted by molar-refractivity contribution is -0.136. The molecule has 4 aromatic carbocycles. The van der Waals surface area contributed by atoms with Crippen molar-refractivity contribution in [1.29, 1.82) is 0 Å². The Hall–Kier alpha value is -3.66. The minimum Gasteiger partial charge on any atom is -0.496 e. The van der Waals surface area contributed by atoms with Gasteiger partial charge in [0, 0.05) is 11.1 Å². The fourth-order valence-electron chi connectivity index (χ4n) is 4.96. The van der Waals surface area contributed by atoms with Gasteiger partial charge < -0.3 is 25.4 Å². The van der Waals surface area contributed by atoms with E-state index in [9.17, 15) is 19.8 Å². The Labute approximate surface area is 261 Å². The first-order valence-electron chi connectivity index (χ1n) is 13.1. The van der Waals surface area contributed by atoms with E-state index in [0.717, 1.165) is 16.7 Å². The molecular formula is C33H31Br2NO6. The molecule has 9 heteroatoms. The maximum atomic E-state index is 12.0. The average molecular weight is 697 g/mol. The number of carboxylic acid groups (broad SMARTS) is 2. The second kappa shape index (κ2) is 12.7. The monoisotopic (exact) mass is 695 g/mol. The fourth-order valence-corrected chi connectivity index (χ4v) is 6.40. The Morgan fingerprint density at radius 2 is 1.52 bits per heavy atom. The minimum absolute atomic E-state index is 0.0719. The molecule has 0 aromatic heterocycles. The van der Waals surface area contributed by atoms with E-state index >= 15 is 0 Å². The molecule has 4 N–H and O–H groups in total. The molecule has 42 heavy (non-hydrogen) atoms. The molecule has 0 spiro atoms. The van der Waals surface area contributed by atoms with Gasteiger partial charge in [0.15, 0.2) is 5.75 Å². The summed E-state index contributed by atoms with van der Waals surface area (Å²) in [6.07, 6.45) is -0.151. The molecule has 0 bridgehead atoms. The Bertz CT molecular complexity index is 1650. The number of benzene rings is 4. The lowest BCUT2D eigenvalue weighted by Crippen LogP contribution is -2.40. The number of halogens is 2. The van der Waals surface area contributed by atoms with Crippen LogP contribution in [0.3, 0.4) is 0 Å². The Morgan fingerprint density at radius 3 is 2.07 bits per heavy atom. The van der Waals surface area contributed by atoms with E-state index in [2.05, 4.69) is 31.9 Å². The van der Waals surface area contributed by atoms with E-state index in [1.165, 1.54) is 6.07 Å². The third kappa shape index (κ3) is 6.38. The third-order valence-corrected chi connectivity index (χ3v) is 8.22. The summed E-state index contributed by atoms with van der Waals surface area (Å²) in [5.41, 5.74) is 10.4. The lowest BCUT2D eigenvalue weighted by Gasteiger charge is -2.34.